The number of amides is 1. The van der Waals surface area contributed by atoms with E-state index in [1.165, 1.54) is 302 Å². The lowest BCUT2D eigenvalue weighted by molar-refractivity contribution is -0.870. The first-order chi connectivity index (χ1) is 40.5. The van der Waals surface area contributed by atoms with Crippen LogP contribution < -0.4 is 10.2 Å². The Kier molecular flexibility index (Phi) is 63.7. The average Bonchev–Trinajstić information content (AvgIpc) is 3.50. The highest BCUT2D eigenvalue weighted by atomic mass is 31.2. The second-order valence-electron chi connectivity index (χ2n) is 26.3. The fourth-order valence-corrected chi connectivity index (χ4v) is 11.8. The minimum Gasteiger partial charge on any atom is -0.756 e. The molecule has 0 spiro atoms. The molecule has 83 heavy (non-hydrogen) atoms. The summed E-state index contributed by atoms with van der Waals surface area (Å²) in [6.45, 7) is 4.68. The Labute approximate surface area is 518 Å². The van der Waals surface area contributed by atoms with E-state index in [2.05, 4.69) is 55.6 Å². The van der Waals surface area contributed by atoms with Gasteiger partial charge in [0.1, 0.15) is 13.2 Å². The second kappa shape index (κ2) is 64.9. The van der Waals surface area contributed by atoms with Gasteiger partial charge in [0.05, 0.1) is 39.9 Å². The molecule has 1 amide bonds. The fraction of sp³-hybridized carbons (Fsp3) is 0.878. The van der Waals surface area contributed by atoms with Crippen LogP contribution in [0.1, 0.15) is 367 Å². The molecule has 2 N–H and O–H groups in total. The highest BCUT2D eigenvalue weighted by Gasteiger charge is 2.23. The number of allylic oxidation sites excluding steroid dienone is 7. The summed E-state index contributed by atoms with van der Waals surface area (Å²) in [6, 6.07) is -0.905. The summed E-state index contributed by atoms with van der Waals surface area (Å²) in [5.41, 5.74) is 0. The van der Waals surface area contributed by atoms with Crippen molar-refractivity contribution in [1.82, 2.24) is 5.32 Å². The Morgan fingerprint density at radius 2 is 0.711 bits per heavy atom. The predicted molar refractivity (Wildman–Crippen MR) is 362 cm³/mol. The van der Waals surface area contributed by atoms with E-state index in [0.717, 1.165) is 44.9 Å². The number of phosphoric acid groups is 1. The van der Waals surface area contributed by atoms with Crippen LogP contribution in [0.25, 0.3) is 0 Å². The number of aliphatic hydroxyl groups excluding tert-OH is 1. The van der Waals surface area contributed by atoms with Gasteiger partial charge in [-0.15, -0.1) is 0 Å². The number of quaternary nitrogens is 1. The summed E-state index contributed by atoms with van der Waals surface area (Å²) < 4.78 is 23.4. The fourth-order valence-electron chi connectivity index (χ4n) is 11.1. The van der Waals surface area contributed by atoms with Gasteiger partial charge in [0.25, 0.3) is 7.82 Å². The molecule has 0 aliphatic carbocycles. The largest absolute Gasteiger partial charge is 0.756 e. The number of likely N-dealkylation sites (N-methyl/N-ethyl adjacent to an activating group) is 1. The van der Waals surface area contributed by atoms with Crippen molar-refractivity contribution < 1.29 is 32.9 Å². The van der Waals surface area contributed by atoms with Gasteiger partial charge in [0.2, 0.25) is 5.91 Å². The molecule has 8 nitrogen and oxygen atoms in total. The first-order valence-electron chi connectivity index (χ1n) is 36.5. The molecule has 3 atom stereocenters. The molecule has 0 rings (SSSR count). The van der Waals surface area contributed by atoms with Crippen LogP contribution >= 0.6 is 7.82 Å². The third-order valence-electron chi connectivity index (χ3n) is 16.8. The van der Waals surface area contributed by atoms with Crippen molar-refractivity contribution in [2.24, 2.45) is 0 Å². The zero-order valence-corrected chi connectivity index (χ0v) is 57.1. The van der Waals surface area contributed by atoms with Crippen LogP contribution in [0.3, 0.4) is 0 Å². The first-order valence-corrected chi connectivity index (χ1v) is 38.0. The molecule has 0 aromatic heterocycles. The minimum atomic E-state index is -4.61. The zero-order chi connectivity index (χ0) is 60.5. The van der Waals surface area contributed by atoms with E-state index in [4.69, 9.17) is 9.05 Å². The van der Waals surface area contributed by atoms with Gasteiger partial charge in [-0.2, -0.15) is 0 Å². The van der Waals surface area contributed by atoms with Crippen molar-refractivity contribution in [1.29, 1.82) is 0 Å². The standard InChI is InChI=1S/C74H143N2O6P/c1-6-8-10-12-14-16-18-20-22-24-26-28-30-31-32-33-34-35-36-37-38-39-40-41-42-43-44-45-46-48-50-52-54-56-58-60-62-64-66-68-74(78)75-72(71-82-83(79,80)81-70-69-76(3,4)5)73(77)67-65-63-61-59-57-55-53-51-49-47-29-27-25-23-21-19-17-15-13-11-9-7-2/h34-35,37-38,57,59,65,67,72-73,77H,6-33,36,39-56,58,60-64,66,68-71H2,1-5H3,(H-,75,78,79,80)/b35-34-,38-37-,59-57+,67-65+. The van der Waals surface area contributed by atoms with Gasteiger partial charge in [0, 0.05) is 6.42 Å². The normalized spacial score (nSPS) is 13.9. The molecule has 0 fully saturated rings. The lowest BCUT2D eigenvalue weighted by atomic mass is 10.0. The van der Waals surface area contributed by atoms with Crippen molar-refractivity contribution in [3.63, 3.8) is 0 Å². The van der Waals surface area contributed by atoms with E-state index in [1.54, 1.807) is 6.08 Å². The van der Waals surface area contributed by atoms with Gasteiger partial charge < -0.3 is 28.8 Å². The summed E-state index contributed by atoms with van der Waals surface area (Å²) in [5.74, 6) is -0.202. The van der Waals surface area contributed by atoms with Gasteiger partial charge in [-0.05, 0) is 64.2 Å². The molecule has 0 radical (unpaired) electrons. The highest BCUT2D eigenvalue weighted by molar-refractivity contribution is 7.45. The number of nitrogens with zero attached hydrogens (tertiary/aromatic N) is 1. The van der Waals surface area contributed by atoms with Crippen molar-refractivity contribution in [3.8, 4) is 0 Å². The van der Waals surface area contributed by atoms with E-state index >= 15 is 0 Å². The molecule has 0 aromatic carbocycles. The summed E-state index contributed by atoms with van der Waals surface area (Å²) in [5, 5.41) is 13.9. The number of nitrogens with one attached hydrogen (secondary N) is 1. The molecule has 9 heteroatoms. The molecule has 0 saturated heterocycles. The van der Waals surface area contributed by atoms with Crippen LogP contribution in [0.2, 0.25) is 0 Å². The number of carbonyl (C=O) groups excluding carboxylic acids is 1. The monoisotopic (exact) mass is 1190 g/mol. The molecule has 490 valence electrons. The number of hydrogen-bond donors (Lipinski definition) is 2. The van der Waals surface area contributed by atoms with Crippen molar-refractivity contribution in [3.05, 3.63) is 48.6 Å². The van der Waals surface area contributed by atoms with Gasteiger partial charge in [-0.1, -0.05) is 345 Å². The van der Waals surface area contributed by atoms with E-state index in [-0.39, 0.29) is 12.5 Å². The Balaban J connectivity index is 3.99. The molecule has 0 aliphatic heterocycles. The summed E-state index contributed by atoms with van der Waals surface area (Å²) >= 11 is 0. The van der Waals surface area contributed by atoms with Crippen molar-refractivity contribution in [2.75, 3.05) is 40.9 Å². The van der Waals surface area contributed by atoms with Gasteiger partial charge in [-0.25, -0.2) is 0 Å². The number of phosphoric ester groups is 1. The van der Waals surface area contributed by atoms with E-state index in [0.29, 0.717) is 17.4 Å². The molecular weight excluding hydrogens is 1040 g/mol. The second-order valence-corrected chi connectivity index (χ2v) is 27.7. The third-order valence-corrected chi connectivity index (χ3v) is 17.7. The van der Waals surface area contributed by atoms with Gasteiger partial charge >= 0.3 is 0 Å². The summed E-state index contributed by atoms with van der Waals surface area (Å²) in [4.78, 5) is 25.6. The van der Waals surface area contributed by atoms with Crippen LogP contribution in [0.15, 0.2) is 48.6 Å². The molecule has 0 heterocycles. The van der Waals surface area contributed by atoms with Gasteiger partial charge in [-0.3, -0.25) is 9.36 Å². The number of carbonyl (C=O) groups is 1. The zero-order valence-electron chi connectivity index (χ0n) is 56.2. The number of aliphatic hydroxyl groups is 1. The summed E-state index contributed by atoms with van der Waals surface area (Å²) in [7, 11) is 1.26. The maximum absolute atomic E-state index is 13.0. The summed E-state index contributed by atoms with van der Waals surface area (Å²) in [6.07, 6.45) is 88.3. The van der Waals surface area contributed by atoms with E-state index < -0.39 is 26.6 Å². The van der Waals surface area contributed by atoms with Crippen LogP contribution in [0.4, 0.5) is 0 Å². The third kappa shape index (κ3) is 67.8. The lowest BCUT2D eigenvalue weighted by Gasteiger charge is -2.29. The SMILES string of the molecule is CCCCCCCCCCCCCCCCC/C=C\C/C=C\CCCCCCCCCCCCCCCCCCCC(=O)NC(COP(=O)([O-])OCC[N+](C)(C)C)C(O)/C=C/CC/C=C/CCCCCCCCCCCCCCCCCC. The molecule has 3 unspecified atom stereocenters. The van der Waals surface area contributed by atoms with E-state index in [9.17, 15) is 19.4 Å². The smallest absolute Gasteiger partial charge is 0.268 e. The topological polar surface area (TPSA) is 108 Å². The minimum absolute atomic E-state index is 0.00567. The number of unbranched alkanes of at least 4 members (excludes halogenated alkanes) is 49. The van der Waals surface area contributed by atoms with Gasteiger partial charge in [0.15, 0.2) is 0 Å². The molecule has 0 saturated carbocycles. The molecular formula is C74H143N2O6P. The molecule has 0 aromatic rings. The number of rotatable bonds is 68. The van der Waals surface area contributed by atoms with Crippen LogP contribution in [-0.2, 0) is 18.4 Å². The Morgan fingerprint density at radius 1 is 0.422 bits per heavy atom. The van der Waals surface area contributed by atoms with Crippen molar-refractivity contribution >= 4 is 13.7 Å². The Bertz CT molecular complexity index is 1490. The molecule has 0 bridgehead atoms. The highest BCUT2D eigenvalue weighted by Crippen LogP contribution is 2.38. The van der Waals surface area contributed by atoms with Crippen LogP contribution in [0.5, 0.6) is 0 Å². The molecule has 0 aliphatic rings. The van der Waals surface area contributed by atoms with Crippen LogP contribution in [-0.4, -0.2) is 68.5 Å². The maximum atomic E-state index is 13.0. The maximum Gasteiger partial charge on any atom is 0.268 e. The quantitative estimate of drug-likeness (QED) is 0.0272. The Hall–Kier alpha value is -1.54. The first kappa shape index (κ1) is 81.5. The van der Waals surface area contributed by atoms with Crippen LogP contribution in [0, 0.1) is 0 Å². The number of hydrogen-bond acceptors (Lipinski definition) is 6. The van der Waals surface area contributed by atoms with Crippen molar-refractivity contribution in [2.45, 2.75) is 379 Å². The lowest BCUT2D eigenvalue weighted by Crippen LogP contribution is -2.45. The predicted octanol–water partition coefficient (Wildman–Crippen LogP) is 22.8. The van der Waals surface area contributed by atoms with E-state index in [1.807, 2.05) is 27.2 Å². The Morgan fingerprint density at radius 3 is 1.05 bits per heavy atom. The average molecular weight is 1190 g/mol.